The third kappa shape index (κ3) is 4.37. The first-order valence-corrected chi connectivity index (χ1v) is 10.8. The maximum atomic E-state index is 13.0. The van der Waals surface area contributed by atoms with Gasteiger partial charge < -0.3 is 15.5 Å². The molecular weight excluding hydrogens is 416 g/mol. The largest absolute Gasteiger partial charge is 0.372 e. The molecular formula is C23H25ClN4O3. The molecule has 0 aliphatic carbocycles. The van der Waals surface area contributed by atoms with Gasteiger partial charge in [0, 0.05) is 29.5 Å². The molecule has 0 aromatic heterocycles. The molecule has 1 atom stereocenters. The summed E-state index contributed by atoms with van der Waals surface area (Å²) >= 11 is 5.92. The molecule has 162 valence electrons. The van der Waals surface area contributed by atoms with Crippen molar-refractivity contribution >= 4 is 40.8 Å². The van der Waals surface area contributed by atoms with Gasteiger partial charge >= 0.3 is 6.03 Å². The molecule has 0 bridgehead atoms. The van der Waals surface area contributed by atoms with Crippen molar-refractivity contribution in [2.45, 2.75) is 31.7 Å². The van der Waals surface area contributed by atoms with Gasteiger partial charge in [0.15, 0.2) is 0 Å². The Labute approximate surface area is 186 Å². The van der Waals surface area contributed by atoms with Crippen molar-refractivity contribution in [1.82, 2.24) is 10.2 Å². The van der Waals surface area contributed by atoms with Crippen LogP contribution in [0.5, 0.6) is 0 Å². The fourth-order valence-corrected chi connectivity index (χ4v) is 4.20. The fourth-order valence-electron chi connectivity index (χ4n) is 4.07. The van der Waals surface area contributed by atoms with Crippen LogP contribution in [0.25, 0.3) is 0 Å². The number of urea groups is 1. The highest BCUT2D eigenvalue weighted by atomic mass is 35.5. The first-order valence-electron chi connectivity index (χ1n) is 10.4. The lowest BCUT2D eigenvalue weighted by atomic mass is 9.92. The first-order chi connectivity index (χ1) is 14.9. The molecule has 2 aromatic rings. The molecule has 31 heavy (non-hydrogen) atoms. The molecule has 4 amide bonds. The third-order valence-corrected chi connectivity index (χ3v) is 6.12. The SMILES string of the molecule is C[C@]1(c2ccc(Cl)cc2)NC(=O)N(CC(=O)Nc2ccc(N3CCCCC3)cc2)C1=O. The van der Waals surface area contributed by atoms with Gasteiger partial charge in [-0.15, -0.1) is 0 Å². The molecule has 2 aliphatic heterocycles. The Balaban J connectivity index is 1.39. The van der Waals surface area contributed by atoms with Crippen molar-refractivity contribution in [3.63, 3.8) is 0 Å². The van der Waals surface area contributed by atoms with Gasteiger partial charge in [-0.2, -0.15) is 0 Å². The highest BCUT2D eigenvalue weighted by Gasteiger charge is 2.49. The monoisotopic (exact) mass is 440 g/mol. The Morgan fingerprint density at radius 2 is 1.68 bits per heavy atom. The molecule has 0 saturated carbocycles. The Hall–Kier alpha value is -3.06. The second kappa shape index (κ2) is 8.59. The zero-order valence-electron chi connectivity index (χ0n) is 17.4. The molecule has 2 saturated heterocycles. The average Bonchev–Trinajstić information content (AvgIpc) is 2.99. The Bertz CT molecular complexity index is 987. The zero-order chi connectivity index (χ0) is 22.0. The van der Waals surface area contributed by atoms with Gasteiger partial charge in [0.25, 0.3) is 5.91 Å². The van der Waals surface area contributed by atoms with Crippen LogP contribution in [0.4, 0.5) is 16.2 Å². The van der Waals surface area contributed by atoms with Crippen molar-refractivity contribution in [1.29, 1.82) is 0 Å². The number of halogens is 1. The standard InChI is InChI=1S/C23H25ClN4O3/c1-23(16-5-7-17(24)8-6-16)21(30)28(22(31)26-23)15-20(29)25-18-9-11-19(12-10-18)27-13-3-2-4-14-27/h5-12H,2-4,13-15H2,1H3,(H,25,29)(H,26,31)/t23-/m1/s1. The fraction of sp³-hybridized carbons (Fsp3) is 0.348. The van der Waals surface area contributed by atoms with E-state index in [4.69, 9.17) is 11.6 Å². The van der Waals surface area contributed by atoms with E-state index < -0.39 is 23.4 Å². The summed E-state index contributed by atoms with van der Waals surface area (Å²) in [7, 11) is 0. The molecule has 4 rings (SSSR count). The Kier molecular flexibility index (Phi) is 5.87. The van der Waals surface area contributed by atoms with Gasteiger partial charge in [0.05, 0.1) is 0 Å². The summed E-state index contributed by atoms with van der Waals surface area (Å²) in [6.45, 7) is 3.35. The van der Waals surface area contributed by atoms with Crippen LogP contribution >= 0.6 is 11.6 Å². The van der Waals surface area contributed by atoms with E-state index in [2.05, 4.69) is 15.5 Å². The second-order valence-corrected chi connectivity index (χ2v) is 8.53. The molecule has 2 N–H and O–H groups in total. The van der Waals surface area contributed by atoms with Crippen molar-refractivity contribution in [3.8, 4) is 0 Å². The summed E-state index contributed by atoms with van der Waals surface area (Å²) in [4.78, 5) is 41.2. The number of carbonyl (C=O) groups is 3. The number of amides is 4. The maximum absolute atomic E-state index is 13.0. The predicted octanol–water partition coefficient (Wildman–Crippen LogP) is 3.74. The van der Waals surface area contributed by atoms with E-state index in [0.717, 1.165) is 23.7 Å². The summed E-state index contributed by atoms with van der Waals surface area (Å²) in [5.41, 5.74) is 1.12. The van der Waals surface area contributed by atoms with E-state index in [-0.39, 0.29) is 6.54 Å². The Morgan fingerprint density at radius 1 is 1.03 bits per heavy atom. The number of rotatable bonds is 5. The number of benzene rings is 2. The summed E-state index contributed by atoms with van der Waals surface area (Å²) in [6, 6.07) is 13.7. The van der Waals surface area contributed by atoms with Crippen LogP contribution in [-0.4, -0.2) is 42.4 Å². The number of nitrogens with zero attached hydrogens (tertiary/aromatic N) is 2. The van der Waals surface area contributed by atoms with Crippen LogP contribution in [0, 0.1) is 0 Å². The van der Waals surface area contributed by atoms with Crippen LogP contribution in [0.2, 0.25) is 5.02 Å². The van der Waals surface area contributed by atoms with Gasteiger partial charge in [-0.3, -0.25) is 14.5 Å². The first kappa shape index (κ1) is 21.2. The minimum atomic E-state index is -1.24. The number of carbonyl (C=O) groups excluding carboxylic acids is 3. The quantitative estimate of drug-likeness (QED) is 0.694. The molecule has 0 spiro atoms. The van der Waals surface area contributed by atoms with E-state index in [9.17, 15) is 14.4 Å². The normalized spacial score (nSPS) is 21.2. The Morgan fingerprint density at radius 3 is 2.32 bits per heavy atom. The highest BCUT2D eigenvalue weighted by molar-refractivity contribution is 6.30. The number of nitrogens with one attached hydrogen (secondary N) is 2. The van der Waals surface area contributed by atoms with E-state index in [1.165, 1.54) is 19.3 Å². The number of anilines is 2. The van der Waals surface area contributed by atoms with Crippen molar-refractivity contribution in [3.05, 3.63) is 59.1 Å². The number of hydrogen-bond acceptors (Lipinski definition) is 4. The lowest BCUT2D eigenvalue weighted by Crippen LogP contribution is -2.42. The predicted molar refractivity (Wildman–Crippen MR) is 120 cm³/mol. The van der Waals surface area contributed by atoms with Gasteiger partial charge in [-0.25, -0.2) is 4.79 Å². The molecule has 2 fully saturated rings. The van der Waals surface area contributed by atoms with E-state index in [0.29, 0.717) is 16.3 Å². The summed E-state index contributed by atoms with van der Waals surface area (Å²) < 4.78 is 0. The topological polar surface area (TPSA) is 81.8 Å². The van der Waals surface area contributed by atoms with E-state index in [1.807, 2.05) is 24.3 Å². The lowest BCUT2D eigenvalue weighted by molar-refractivity contribution is -0.133. The van der Waals surface area contributed by atoms with Crippen LogP contribution in [0.1, 0.15) is 31.7 Å². The third-order valence-electron chi connectivity index (χ3n) is 5.87. The number of hydrogen-bond donors (Lipinski definition) is 2. The summed E-state index contributed by atoms with van der Waals surface area (Å²) in [5.74, 6) is -0.912. The average molecular weight is 441 g/mol. The van der Waals surface area contributed by atoms with Crippen LogP contribution in [-0.2, 0) is 15.1 Å². The minimum Gasteiger partial charge on any atom is -0.372 e. The zero-order valence-corrected chi connectivity index (χ0v) is 18.1. The molecule has 2 aromatic carbocycles. The van der Waals surface area contributed by atoms with Gasteiger partial charge in [-0.05, 0) is 68.1 Å². The van der Waals surface area contributed by atoms with Crippen molar-refractivity contribution in [2.75, 3.05) is 29.9 Å². The van der Waals surface area contributed by atoms with Crippen LogP contribution in [0.3, 0.4) is 0 Å². The smallest absolute Gasteiger partial charge is 0.325 e. The van der Waals surface area contributed by atoms with E-state index in [1.54, 1.807) is 31.2 Å². The number of imide groups is 1. The molecule has 0 unspecified atom stereocenters. The molecule has 7 nitrogen and oxygen atoms in total. The van der Waals surface area contributed by atoms with E-state index >= 15 is 0 Å². The molecule has 8 heteroatoms. The van der Waals surface area contributed by atoms with Crippen LogP contribution < -0.4 is 15.5 Å². The number of piperidine rings is 1. The lowest BCUT2D eigenvalue weighted by Gasteiger charge is -2.28. The van der Waals surface area contributed by atoms with Crippen molar-refractivity contribution in [2.24, 2.45) is 0 Å². The van der Waals surface area contributed by atoms with Crippen molar-refractivity contribution < 1.29 is 14.4 Å². The molecule has 2 heterocycles. The molecule has 2 aliphatic rings. The maximum Gasteiger partial charge on any atom is 0.325 e. The second-order valence-electron chi connectivity index (χ2n) is 8.10. The molecule has 0 radical (unpaired) electrons. The minimum absolute atomic E-state index is 0.359. The van der Waals surface area contributed by atoms with Gasteiger partial charge in [0.2, 0.25) is 5.91 Å². The summed E-state index contributed by atoms with van der Waals surface area (Å²) in [6.07, 6.45) is 3.66. The van der Waals surface area contributed by atoms with Crippen LogP contribution in [0.15, 0.2) is 48.5 Å². The van der Waals surface area contributed by atoms with Gasteiger partial charge in [0.1, 0.15) is 12.1 Å². The van der Waals surface area contributed by atoms with Gasteiger partial charge in [-0.1, -0.05) is 23.7 Å². The summed E-state index contributed by atoms with van der Waals surface area (Å²) in [5, 5.41) is 5.99. The highest BCUT2D eigenvalue weighted by Crippen LogP contribution is 2.29.